The summed E-state index contributed by atoms with van der Waals surface area (Å²) < 4.78 is 0. The van der Waals surface area contributed by atoms with Gasteiger partial charge < -0.3 is 16.4 Å². The quantitative estimate of drug-likeness (QED) is 0.633. The van der Waals surface area contributed by atoms with Gasteiger partial charge in [0.15, 0.2) is 0 Å². The van der Waals surface area contributed by atoms with E-state index in [0.29, 0.717) is 17.8 Å². The van der Waals surface area contributed by atoms with Crippen LogP contribution in [0.25, 0.3) is 0 Å². The van der Waals surface area contributed by atoms with Crippen molar-refractivity contribution in [3.8, 4) is 0 Å². The van der Waals surface area contributed by atoms with Gasteiger partial charge in [-0.2, -0.15) is 0 Å². The lowest BCUT2D eigenvalue weighted by Crippen LogP contribution is -2.31. The molecule has 0 bridgehead atoms. The van der Waals surface area contributed by atoms with E-state index in [1.807, 2.05) is 0 Å². The Morgan fingerprint density at radius 1 is 1.28 bits per heavy atom. The van der Waals surface area contributed by atoms with E-state index in [0.717, 1.165) is 12.8 Å². The summed E-state index contributed by atoms with van der Waals surface area (Å²) in [6.45, 7) is 2.87. The van der Waals surface area contributed by atoms with Crippen molar-refractivity contribution in [1.29, 1.82) is 0 Å². The first-order chi connectivity index (χ1) is 8.65. The Labute approximate surface area is 107 Å². The van der Waals surface area contributed by atoms with Crippen LogP contribution in [0.3, 0.4) is 0 Å². The maximum atomic E-state index is 11.5. The monoisotopic (exact) mass is 249 g/mol. The number of para-hydroxylation sites is 1. The number of carbonyl (C=O) groups is 2. The van der Waals surface area contributed by atoms with Gasteiger partial charge in [0.25, 0.3) is 5.91 Å². The number of hydrogen-bond donors (Lipinski definition) is 3. The lowest BCUT2D eigenvalue weighted by molar-refractivity contribution is -0.119. The van der Waals surface area contributed by atoms with E-state index >= 15 is 0 Å². The number of rotatable bonds is 7. The highest BCUT2D eigenvalue weighted by Gasteiger charge is 2.07. The van der Waals surface area contributed by atoms with Gasteiger partial charge >= 0.3 is 0 Å². The third-order valence-corrected chi connectivity index (χ3v) is 2.48. The van der Waals surface area contributed by atoms with Gasteiger partial charge in [0.2, 0.25) is 5.91 Å². The van der Waals surface area contributed by atoms with E-state index in [-0.39, 0.29) is 12.5 Å². The molecule has 1 aromatic rings. The zero-order chi connectivity index (χ0) is 13.4. The lowest BCUT2D eigenvalue weighted by Gasteiger charge is -2.10. The van der Waals surface area contributed by atoms with Crippen LogP contribution in [0, 0.1) is 0 Å². The maximum absolute atomic E-state index is 11.5. The van der Waals surface area contributed by atoms with Gasteiger partial charge in [-0.15, -0.1) is 0 Å². The fraction of sp³-hybridized carbons (Fsp3) is 0.385. The number of nitrogens with one attached hydrogen (secondary N) is 2. The normalized spacial score (nSPS) is 9.83. The Hall–Kier alpha value is -2.04. The van der Waals surface area contributed by atoms with Crippen molar-refractivity contribution >= 4 is 17.5 Å². The Morgan fingerprint density at radius 2 is 2.00 bits per heavy atom. The largest absolute Gasteiger partial charge is 0.376 e. The number of nitrogens with two attached hydrogens (primary N) is 1. The van der Waals surface area contributed by atoms with Crippen LogP contribution in [-0.4, -0.2) is 24.9 Å². The van der Waals surface area contributed by atoms with Crippen LogP contribution in [0.2, 0.25) is 0 Å². The molecular formula is C13H19N3O2. The summed E-state index contributed by atoms with van der Waals surface area (Å²) in [5.74, 6) is -0.604. The number of carbonyl (C=O) groups excluding carboxylic acids is 2. The molecule has 0 heterocycles. The molecule has 5 nitrogen and oxygen atoms in total. The highest BCUT2D eigenvalue weighted by atomic mass is 16.2. The molecule has 0 atom stereocenters. The zero-order valence-electron chi connectivity index (χ0n) is 10.5. The van der Waals surface area contributed by atoms with Crippen LogP contribution in [0.4, 0.5) is 5.69 Å². The van der Waals surface area contributed by atoms with Crippen LogP contribution in [0.15, 0.2) is 24.3 Å². The Bertz CT molecular complexity index is 418. The molecule has 0 radical (unpaired) electrons. The maximum Gasteiger partial charge on any atom is 0.250 e. The summed E-state index contributed by atoms with van der Waals surface area (Å²) >= 11 is 0. The standard InChI is InChI=1S/C13H19N3O2/c1-2-3-8-15-12(17)9-16-11-7-5-4-6-10(11)13(14)18/h4-7,16H,2-3,8-9H2,1H3,(H2,14,18)(H,15,17). The summed E-state index contributed by atoms with van der Waals surface area (Å²) in [6.07, 6.45) is 2.00. The first-order valence-electron chi connectivity index (χ1n) is 6.04. The minimum Gasteiger partial charge on any atom is -0.376 e. The molecule has 0 aliphatic rings. The number of amides is 2. The van der Waals surface area contributed by atoms with Gasteiger partial charge in [-0.3, -0.25) is 9.59 Å². The Morgan fingerprint density at radius 3 is 2.67 bits per heavy atom. The zero-order valence-corrected chi connectivity index (χ0v) is 10.5. The van der Waals surface area contributed by atoms with E-state index < -0.39 is 5.91 Å². The number of benzene rings is 1. The smallest absolute Gasteiger partial charge is 0.250 e. The second-order valence-corrected chi connectivity index (χ2v) is 3.97. The van der Waals surface area contributed by atoms with Crippen LogP contribution in [0.1, 0.15) is 30.1 Å². The van der Waals surface area contributed by atoms with Crippen LogP contribution >= 0.6 is 0 Å². The highest BCUT2D eigenvalue weighted by molar-refractivity contribution is 5.98. The van der Waals surface area contributed by atoms with Crippen molar-refractivity contribution in [2.24, 2.45) is 5.73 Å². The van der Waals surface area contributed by atoms with Crippen LogP contribution in [-0.2, 0) is 4.79 Å². The molecule has 0 aromatic heterocycles. The summed E-state index contributed by atoms with van der Waals surface area (Å²) in [5, 5.41) is 5.69. The molecule has 0 fully saturated rings. The molecule has 0 aliphatic heterocycles. The SMILES string of the molecule is CCCCNC(=O)CNc1ccccc1C(N)=O. The summed E-state index contributed by atoms with van der Waals surface area (Å²) in [5.41, 5.74) is 6.21. The predicted octanol–water partition coefficient (Wildman–Crippen LogP) is 1.11. The number of anilines is 1. The average molecular weight is 249 g/mol. The molecule has 0 saturated carbocycles. The van der Waals surface area contributed by atoms with Crippen molar-refractivity contribution in [2.75, 3.05) is 18.4 Å². The van der Waals surface area contributed by atoms with E-state index in [1.54, 1.807) is 24.3 Å². The van der Waals surface area contributed by atoms with E-state index in [1.165, 1.54) is 0 Å². The molecule has 0 spiro atoms. The second kappa shape index (κ2) is 7.32. The topological polar surface area (TPSA) is 84.2 Å². The minimum absolute atomic E-state index is 0.0947. The van der Waals surface area contributed by atoms with Crippen LogP contribution in [0.5, 0.6) is 0 Å². The van der Waals surface area contributed by atoms with Crippen LogP contribution < -0.4 is 16.4 Å². The fourth-order valence-corrected chi connectivity index (χ4v) is 1.49. The van der Waals surface area contributed by atoms with E-state index in [4.69, 9.17) is 5.73 Å². The average Bonchev–Trinajstić information content (AvgIpc) is 2.37. The molecule has 98 valence electrons. The minimum atomic E-state index is -0.510. The molecule has 2 amide bonds. The summed E-state index contributed by atoms with van der Waals surface area (Å²) in [6, 6.07) is 6.86. The van der Waals surface area contributed by atoms with Gasteiger partial charge in [-0.1, -0.05) is 25.5 Å². The number of hydrogen-bond acceptors (Lipinski definition) is 3. The van der Waals surface area contributed by atoms with Crippen molar-refractivity contribution in [3.05, 3.63) is 29.8 Å². The van der Waals surface area contributed by atoms with E-state index in [2.05, 4.69) is 17.6 Å². The summed E-state index contributed by atoms with van der Waals surface area (Å²) in [7, 11) is 0. The van der Waals surface area contributed by atoms with Crippen molar-refractivity contribution in [1.82, 2.24) is 5.32 Å². The van der Waals surface area contributed by atoms with Crippen molar-refractivity contribution in [2.45, 2.75) is 19.8 Å². The molecular weight excluding hydrogens is 230 g/mol. The third kappa shape index (κ3) is 4.45. The summed E-state index contributed by atoms with van der Waals surface area (Å²) in [4.78, 5) is 22.6. The molecule has 5 heteroatoms. The van der Waals surface area contributed by atoms with Gasteiger partial charge in [0.1, 0.15) is 0 Å². The molecule has 0 aliphatic carbocycles. The van der Waals surface area contributed by atoms with Gasteiger partial charge in [0.05, 0.1) is 12.1 Å². The number of primary amides is 1. The fourth-order valence-electron chi connectivity index (χ4n) is 1.49. The first kappa shape index (κ1) is 14.0. The highest BCUT2D eigenvalue weighted by Crippen LogP contribution is 2.13. The number of unbranched alkanes of at least 4 members (excludes halogenated alkanes) is 1. The molecule has 0 saturated heterocycles. The molecule has 18 heavy (non-hydrogen) atoms. The van der Waals surface area contributed by atoms with Gasteiger partial charge in [-0.05, 0) is 18.6 Å². The van der Waals surface area contributed by atoms with Crippen molar-refractivity contribution in [3.63, 3.8) is 0 Å². The molecule has 1 aromatic carbocycles. The Balaban J connectivity index is 2.48. The molecule has 4 N–H and O–H groups in total. The molecule has 1 rings (SSSR count). The van der Waals surface area contributed by atoms with E-state index in [9.17, 15) is 9.59 Å². The predicted molar refractivity (Wildman–Crippen MR) is 71.4 cm³/mol. The molecule has 0 unspecified atom stereocenters. The van der Waals surface area contributed by atoms with Crippen molar-refractivity contribution < 1.29 is 9.59 Å². The van der Waals surface area contributed by atoms with Gasteiger partial charge in [-0.25, -0.2) is 0 Å². The van der Waals surface area contributed by atoms with Gasteiger partial charge in [0, 0.05) is 12.2 Å². The third-order valence-electron chi connectivity index (χ3n) is 2.48. The second-order valence-electron chi connectivity index (χ2n) is 3.97. The first-order valence-corrected chi connectivity index (χ1v) is 6.04. The Kier molecular flexibility index (Phi) is 5.70. The lowest BCUT2D eigenvalue weighted by atomic mass is 10.1.